The molecule has 0 aliphatic carbocycles. The van der Waals surface area contributed by atoms with E-state index in [0.717, 1.165) is 11.1 Å². The van der Waals surface area contributed by atoms with Gasteiger partial charge in [0, 0.05) is 13.1 Å². The van der Waals surface area contributed by atoms with Crippen molar-refractivity contribution in [3.8, 4) is 0 Å². The van der Waals surface area contributed by atoms with Gasteiger partial charge in [0.2, 0.25) is 0 Å². The molecule has 1 aliphatic rings. The van der Waals surface area contributed by atoms with E-state index in [1.165, 1.54) is 12.3 Å². The maximum absolute atomic E-state index is 13.0. The maximum atomic E-state index is 13.0. The summed E-state index contributed by atoms with van der Waals surface area (Å²) in [6, 6.07) is 4.65. The molecular formula is C23H29N3O6S. The van der Waals surface area contributed by atoms with Crippen LogP contribution in [0.4, 0.5) is 11.5 Å². The minimum absolute atomic E-state index is 0.0488. The van der Waals surface area contributed by atoms with Crippen LogP contribution >= 0.6 is 0 Å². The lowest BCUT2D eigenvalue weighted by atomic mass is 9.98. The highest BCUT2D eigenvalue weighted by atomic mass is 32.2. The average Bonchev–Trinajstić information content (AvgIpc) is 2.76. The molecule has 1 atom stereocenters. The predicted octanol–water partition coefficient (Wildman–Crippen LogP) is 3.29. The Labute approximate surface area is 193 Å². The third-order valence-corrected chi connectivity index (χ3v) is 7.29. The third-order valence-electron chi connectivity index (χ3n) is 5.77. The Hall–Kier alpha value is -3.14. The Kier molecular flexibility index (Phi) is 7.26. The second-order valence-electron chi connectivity index (χ2n) is 8.24. The Morgan fingerprint density at radius 3 is 2.55 bits per heavy atom. The van der Waals surface area contributed by atoms with Gasteiger partial charge in [0.05, 0.1) is 29.3 Å². The van der Waals surface area contributed by atoms with Crippen LogP contribution in [-0.4, -0.2) is 50.1 Å². The summed E-state index contributed by atoms with van der Waals surface area (Å²) in [6.45, 7) is 8.29. The number of hydrogen-bond acceptors (Lipinski definition) is 7. The van der Waals surface area contributed by atoms with E-state index in [1.807, 2.05) is 13.8 Å². The number of hydrogen-bond donors (Lipinski definition) is 2. The van der Waals surface area contributed by atoms with Crippen LogP contribution in [0.15, 0.2) is 29.3 Å². The van der Waals surface area contributed by atoms with E-state index in [1.54, 1.807) is 30.9 Å². The predicted molar refractivity (Wildman–Crippen MR) is 124 cm³/mol. The van der Waals surface area contributed by atoms with E-state index < -0.39 is 16.0 Å². The standard InChI is InChI=1S/C23H29N3O6S/c1-5-32-23(29)17-7-6-8-26(13-17)21-19(22(27)28)11-18(12-24-21)25-33(30,31)20-10-15(3)14(2)9-16(20)4/h9-12,17,25H,5-8,13H2,1-4H3,(H,27,28)/t17-/m1/s1. The van der Waals surface area contributed by atoms with Gasteiger partial charge in [-0.1, -0.05) is 6.07 Å². The van der Waals surface area contributed by atoms with Crippen molar-refractivity contribution in [3.05, 3.63) is 46.6 Å². The summed E-state index contributed by atoms with van der Waals surface area (Å²) in [5, 5.41) is 9.77. The van der Waals surface area contributed by atoms with Crippen LogP contribution in [0, 0.1) is 26.7 Å². The molecule has 10 heteroatoms. The molecule has 0 amide bonds. The lowest BCUT2D eigenvalue weighted by molar-refractivity contribution is -0.148. The number of aromatic nitrogens is 1. The molecule has 0 unspecified atom stereocenters. The number of aromatic carboxylic acids is 1. The summed E-state index contributed by atoms with van der Waals surface area (Å²) in [4.78, 5) is 30.2. The van der Waals surface area contributed by atoms with Crippen LogP contribution < -0.4 is 9.62 Å². The molecule has 1 saturated heterocycles. The van der Waals surface area contributed by atoms with E-state index in [2.05, 4.69) is 9.71 Å². The lowest BCUT2D eigenvalue weighted by Crippen LogP contribution is -2.40. The van der Waals surface area contributed by atoms with E-state index in [9.17, 15) is 23.1 Å². The molecule has 1 aromatic heterocycles. The van der Waals surface area contributed by atoms with Gasteiger partial charge >= 0.3 is 11.9 Å². The van der Waals surface area contributed by atoms with Crippen molar-refractivity contribution >= 4 is 33.5 Å². The number of piperidine rings is 1. The number of nitrogens with one attached hydrogen (secondary N) is 1. The molecule has 2 heterocycles. The lowest BCUT2D eigenvalue weighted by Gasteiger charge is -2.33. The topological polar surface area (TPSA) is 126 Å². The van der Waals surface area contributed by atoms with Gasteiger partial charge in [-0.3, -0.25) is 9.52 Å². The minimum atomic E-state index is -3.95. The van der Waals surface area contributed by atoms with Crippen molar-refractivity contribution in [3.63, 3.8) is 0 Å². The maximum Gasteiger partial charge on any atom is 0.339 e. The molecule has 0 radical (unpaired) electrons. The quantitative estimate of drug-likeness (QED) is 0.584. The van der Waals surface area contributed by atoms with Crippen LogP contribution in [0.1, 0.15) is 46.8 Å². The molecule has 1 aliphatic heterocycles. The molecular weight excluding hydrogens is 446 g/mol. The summed E-state index contributed by atoms with van der Waals surface area (Å²) in [5.41, 5.74) is 2.31. The number of ether oxygens (including phenoxy) is 1. The normalized spacial score (nSPS) is 16.4. The average molecular weight is 476 g/mol. The van der Waals surface area contributed by atoms with Crippen LogP contribution in [0.5, 0.6) is 0 Å². The fourth-order valence-electron chi connectivity index (χ4n) is 3.98. The zero-order valence-electron chi connectivity index (χ0n) is 19.2. The van der Waals surface area contributed by atoms with Crippen LogP contribution in [0.25, 0.3) is 0 Å². The van der Waals surface area contributed by atoms with Gasteiger partial charge in [-0.15, -0.1) is 0 Å². The Bertz CT molecular complexity index is 1180. The van der Waals surface area contributed by atoms with Crippen LogP contribution in [0.2, 0.25) is 0 Å². The van der Waals surface area contributed by atoms with Gasteiger partial charge < -0.3 is 14.7 Å². The van der Waals surface area contributed by atoms with Crippen molar-refractivity contribution in [2.75, 3.05) is 29.3 Å². The summed E-state index contributed by atoms with van der Waals surface area (Å²) in [7, 11) is -3.95. The molecule has 0 saturated carbocycles. The molecule has 9 nitrogen and oxygen atoms in total. The van der Waals surface area contributed by atoms with Crippen molar-refractivity contribution in [1.29, 1.82) is 0 Å². The van der Waals surface area contributed by atoms with E-state index in [0.29, 0.717) is 31.5 Å². The first kappa shape index (κ1) is 24.5. The van der Waals surface area contributed by atoms with Gasteiger partial charge in [-0.25, -0.2) is 18.2 Å². The van der Waals surface area contributed by atoms with Crippen molar-refractivity contribution in [2.24, 2.45) is 5.92 Å². The van der Waals surface area contributed by atoms with Crippen LogP contribution in [0.3, 0.4) is 0 Å². The molecule has 0 spiro atoms. The molecule has 1 aromatic carbocycles. The number of carboxylic acid groups (broad SMARTS) is 1. The minimum Gasteiger partial charge on any atom is -0.478 e. The number of benzene rings is 1. The number of carbonyl (C=O) groups excluding carboxylic acids is 1. The Morgan fingerprint density at radius 1 is 1.18 bits per heavy atom. The summed E-state index contributed by atoms with van der Waals surface area (Å²) in [6.07, 6.45) is 2.64. The first-order chi connectivity index (χ1) is 15.5. The number of carboxylic acids is 1. The molecule has 1 fully saturated rings. The third kappa shape index (κ3) is 5.44. The molecule has 2 aromatic rings. The largest absolute Gasteiger partial charge is 0.478 e. The summed E-state index contributed by atoms with van der Waals surface area (Å²) in [5.74, 6) is -1.72. The van der Waals surface area contributed by atoms with E-state index in [-0.39, 0.29) is 40.5 Å². The number of nitrogens with zero attached hydrogens (tertiary/aromatic N) is 2. The second-order valence-corrected chi connectivity index (χ2v) is 9.90. The highest BCUT2D eigenvalue weighted by Gasteiger charge is 2.30. The van der Waals surface area contributed by atoms with Gasteiger partial charge in [0.1, 0.15) is 11.4 Å². The fourth-order valence-corrected chi connectivity index (χ4v) is 5.33. The molecule has 3 rings (SSSR count). The SMILES string of the molecule is CCOC(=O)[C@@H]1CCCN(c2ncc(NS(=O)(=O)c3cc(C)c(C)cc3C)cc2C(=O)O)C1. The van der Waals surface area contributed by atoms with Gasteiger partial charge in [-0.2, -0.15) is 0 Å². The van der Waals surface area contributed by atoms with Gasteiger partial charge in [-0.05, 0) is 69.4 Å². The first-order valence-corrected chi connectivity index (χ1v) is 12.3. The van der Waals surface area contributed by atoms with Gasteiger partial charge in [0.15, 0.2) is 0 Å². The monoisotopic (exact) mass is 475 g/mol. The summed E-state index contributed by atoms with van der Waals surface area (Å²) < 4.78 is 33.5. The summed E-state index contributed by atoms with van der Waals surface area (Å²) >= 11 is 0. The van der Waals surface area contributed by atoms with E-state index >= 15 is 0 Å². The van der Waals surface area contributed by atoms with Crippen LogP contribution in [-0.2, 0) is 19.6 Å². The highest BCUT2D eigenvalue weighted by molar-refractivity contribution is 7.92. The van der Waals surface area contributed by atoms with Crippen molar-refractivity contribution in [1.82, 2.24) is 4.98 Å². The molecule has 33 heavy (non-hydrogen) atoms. The number of aryl methyl sites for hydroxylation is 3. The van der Waals surface area contributed by atoms with Crippen molar-refractivity contribution in [2.45, 2.75) is 45.4 Å². The number of anilines is 2. The smallest absolute Gasteiger partial charge is 0.339 e. The fraction of sp³-hybridized carbons (Fsp3) is 0.435. The molecule has 178 valence electrons. The molecule has 0 bridgehead atoms. The molecule has 2 N–H and O–H groups in total. The number of carbonyl (C=O) groups is 2. The Morgan fingerprint density at radius 2 is 1.88 bits per heavy atom. The number of sulfonamides is 1. The van der Waals surface area contributed by atoms with E-state index in [4.69, 9.17) is 4.74 Å². The zero-order chi connectivity index (χ0) is 24.3. The van der Waals surface area contributed by atoms with Gasteiger partial charge in [0.25, 0.3) is 10.0 Å². The zero-order valence-corrected chi connectivity index (χ0v) is 20.0. The number of rotatable bonds is 7. The number of pyridine rings is 1. The second kappa shape index (κ2) is 9.78. The highest BCUT2D eigenvalue weighted by Crippen LogP contribution is 2.29. The van der Waals surface area contributed by atoms with Crippen molar-refractivity contribution < 1.29 is 27.9 Å². The first-order valence-electron chi connectivity index (χ1n) is 10.8. The number of esters is 1. The Balaban J connectivity index is 1.90.